The minimum Gasteiger partial charge on any atom is -0.479 e. The van der Waals surface area contributed by atoms with Crippen LogP contribution in [0.25, 0.3) is 6.08 Å². The molecule has 0 aliphatic carbocycles. The van der Waals surface area contributed by atoms with E-state index < -0.39 is 41.1 Å². The van der Waals surface area contributed by atoms with Crippen molar-refractivity contribution in [3.8, 4) is 5.75 Å². The third-order valence-electron chi connectivity index (χ3n) is 4.22. The van der Waals surface area contributed by atoms with Gasteiger partial charge in [-0.1, -0.05) is 0 Å². The predicted octanol–water partition coefficient (Wildman–Crippen LogP) is 2.29. The molecule has 0 unspecified atom stereocenters. The Morgan fingerprint density at radius 2 is 2.06 bits per heavy atom. The Morgan fingerprint density at radius 3 is 2.70 bits per heavy atom. The minimum atomic E-state index is -1.32. The van der Waals surface area contributed by atoms with Crippen LogP contribution in [-0.4, -0.2) is 52.5 Å². The fourth-order valence-corrected chi connectivity index (χ4v) is 3.39. The summed E-state index contributed by atoms with van der Waals surface area (Å²) in [6, 6.07) is 4.39. The molecule has 13 nitrogen and oxygen atoms in total. The molecule has 1 aromatic carbocycles. The number of amides is 3. The zero-order valence-corrected chi connectivity index (χ0v) is 18.3. The van der Waals surface area contributed by atoms with Gasteiger partial charge in [-0.15, -0.1) is 0 Å². The van der Waals surface area contributed by atoms with Crippen LogP contribution in [0.15, 0.2) is 38.9 Å². The topological polar surface area (TPSA) is 179 Å². The van der Waals surface area contributed by atoms with Gasteiger partial charge < -0.3 is 24.3 Å². The lowest BCUT2D eigenvalue weighted by Gasteiger charge is -2.09. The summed E-state index contributed by atoms with van der Waals surface area (Å²) in [7, 11) is 1.17. The number of esters is 1. The van der Waals surface area contributed by atoms with Crippen LogP contribution in [0.1, 0.15) is 21.9 Å². The average Bonchev–Trinajstić information content (AvgIpc) is 3.32. The Bertz CT molecular complexity index is 1200. The first-order chi connectivity index (χ1) is 15.6. The number of nitro benzene ring substituents is 1. The molecule has 1 saturated heterocycles. The SMILES string of the molecule is COC(=O)c1ccc(CN2C(=O)N/C(=C\c3cc(Br)c(OCC(=O)O)c([N+](=O)[O-])c3)C2=O)o1. The largest absolute Gasteiger partial charge is 0.479 e. The van der Waals surface area contributed by atoms with Gasteiger partial charge in [-0.05, 0) is 45.8 Å². The van der Waals surface area contributed by atoms with Crippen LogP contribution in [0.4, 0.5) is 10.5 Å². The molecule has 1 fully saturated rings. The third-order valence-corrected chi connectivity index (χ3v) is 4.81. The van der Waals surface area contributed by atoms with Gasteiger partial charge in [0.1, 0.15) is 11.5 Å². The van der Waals surface area contributed by atoms with E-state index in [2.05, 4.69) is 26.0 Å². The van der Waals surface area contributed by atoms with Crippen LogP contribution >= 0.6 is 15.9 Å². The summed E-state index contributed by atoms with van der Waals surface area (Å²) in [5.41, 5.74) is -0.551. The number of nitrogens with zero attached hydrogens (tertiary/aromatic N) is 2. The number of halogens is 1. The summed E-state index contributed by atoms with van der Waals surface area (Å²) in [5.74, 6) is -3.02. The van der Waals surface area contributed by atoms with Crippen LogP contribution in [0.2, 0.25) is 0 Å². The van der Waals surface area contributed by atoms with Gasteiger partial charge in [-0.3, -0.25) is 19.8 Å². The lowest BCUT2D eigenvalue weighted by molar-refractivity contribution is -0.385. The number of rotatable bonds is 8. The highest BCUT2D eigenvalue weighted by Gasteiger charge is 2.34. The first-order valence-electron chi connectivity index (χ1n) is 8.94. The lowest BCUT2D eigenvalue weighted by Crippen LogP contribution is -2.30. The third kappa shape index (κ3) is 5.17. The van der Waals surface area contributed by atoms with E-state index in [9.17, 15) is 29.3 Å². The van der Waals surface area contributed by atoms with Crippen molar-refractivity contribution in [2.45, 2.75) is 6.54 Å². The molecule has 0 saturated carbocycles. The monoisotopic (exact) mass is 523 g/mol. The maximum atomic E-state index is 12.7. The quantitative estimate of drug-likeness (QED) is 0.171. The number of hydrogen-bond acceptors (Lipinski definition) is 9. The van der Waals surface area contributed by atoms with Crippen LogP contribution in [-0.2, 0) is 20.9 Å². The Balaban J connectivity index is 1.85. The Morgan fingerprint density at radius 1 is 1.33 bits per heavy atom. The molecule has 3 amide bonds. The number of imide groups is 1. The molecule has 0 radical (unpaired) electrons. The number of furan rings is 1. The number of carbonyl (C=O) groups excluding carboxylic acids is 3. The molecule has 14 heteroatoms. The van der Waals surface area contributed by atoms with Crippen molar-refractivity contribution in [2.75, 3.05) is 13.7 Å². The zero-order valence-electron chi connectivity index (χ0n) is 16.7. The number of methoxy groups -OCH3 is 1. The van der Waals surface area contributed by atoms with E-state index in [1.807, 2.05) is 0 Å². The standard InChI is InChI=1S/C19H14BrN3O10/c1-31-18(27)14-3-2-10(33-14)7-22-17(26)12(21-19(22)28)5-9-4-11(20)16(32-8-15(24)25)13(6-9)23(29)30/h2-6H,7-8H2,1H3,(H,21,28)(H,24,25)/b12-5-. The van der Waals surface area contributed by atoms with E-state index in [0.717, 1.165) is 11.0 Å². The number of carboxylic acids is 1. The van der Waals surface area contributed by atoms with Gasteiger partial charge in [0.2, 0.25) is 11.5 Å². The van der Waals surface area contributed by atoms with Crippen molar-refractivity contribution in [3.05, 3.63) is 61.6 Å². The van der Waals surface area contributed by atoms with E-state index in [-0.39, 0.29) is 39.5 Å². The highest BCUT2D eigenvalue weighted by Crippen LogP contribution is 2.37. The van der Waals surface area contributed by atoms with Gasteiger partial charge in [-0.2, -0.15) is 0 Å². The van der Waals surface area contributed by atoms with Crippen molar-refractivity contribution in [2.24, 2.45) is 0 Å². The average molecular weight is 524 g/mol. The summed E-state index contributed by atoms with van der Waals surface area (Å²) >= 11 is 3.08. The van der Waals surface area contributed by atoms with Crippen molar-refractivity contribution in [1.29, 1.82) is 0 Å². The van der Waals surface area contributed by atoms with E-state index in [1.165, 1.54) is 31.4 Å². The fourth-order valence-electron chi connectivity index (χ4n) is 2.81. The first-order valence-corrected chi connectivity index (χ1v) is 9.74. The number of hydrogen-bond donors (Lipinski definition) is 2. The Kier molecular flexibility index (Phi) is 6.77. The molecule has 172 valence electrons. The number of urea groups is 1. The molecular formula is C19H14BrN3O10. The molecule has 2 aromatic rings. The number of aliphatic carboxylic acids is 1. The van der Waals surface area contributed by atoms with Crippen molar-refractivity contribution in [3.63, 3.8) is 0 Å². The van der Waals surface area contributed by atoms with Crippen molar-refractivity contribution in [1.82, 2.24) is 10.2 Å². The Hall–Kier alpha value is -4.20. The second-order valence-corrected chi connectivity index (χ2v) is 7.28. The van der Waals surface area contributed by atoms with Crippen molar-refractivity contribution >= 4 is 51.6 Å². The van der Waals surface area contributed by atoms with E-state index in [1.54, 1.807) is 0 Å². The molecule has 33 heavy (non-hydrogen) atoms. The summed E-state index contributed by atoms with van der Waals surface area (Å²) in [6.45, 7) is -1.07. The van der Waals surface area contributed by atoms with Gasteiger partial charge in [0.15, 0.2) is 6.61 Å². The van der Waals surface area contributed by atoms with Gasteiger partial charge >= 0.3 is 23.7 Å². The van der Waals surface area contributed by atoms with Gasteiger partial charge in [0.25, 0.3) is 5.91 Å². The summed E-state index contributed by atoms with van der Waals surface area (Å²) in [4.78, 5) is 58.6. The molecular weight excluding hydrogens is 510 g/mol. The highest BCUT2D eigenvalue weighted by molar-refractivity contribution is 9.10. The second kappa shape index (κ2) is 9.52. The number of nitro groups is 1. The lowest BCUT2D eigenvalue weighted by atomic mass is 10.1. The second-order valence-electron chi connectivity index (χ2n) is 6.43. The molecule has 0 atom stereocenters. The van der Waals surface area contributed by atoms with E-state index >= 15 is 0 Å². The fraction of sp³-hybridized carbons (Fsp3) is 0.158. The van der Waals surface area contributed by atoms with Gasteiger partial charge in [-0.25, -0.2) is 14.4 Å². The molecule has 2 heterocycles. The number of ether oxygens (including phenoxy) is 2. The number of carbonyl (C=O) groups is 4. The normalized spacial score (nSPS) is 14.4. The smallest absolute Gasteiger partial charge is 0.373 e. The Labute approximate surface area is 192 Å². The summed E-state index contributed by atoms with van der Waals surface area (Å²) in [5, 5.41) is 22.5. The van der Waals surface area contributed by atoms with E-state index in [4.69, 9.17) is 14.3 Å². The molecule has 1 aliphatic rings. The van der Waals surface area contributed by atoms with E-state index in [0.29, 0.717) is 0 Å². The van der Waals surface area contributed by atoms with Gasteiger partial charge in [0, 0.05) is 6.07 Å². The molecule has 0 spiro atoms. The highest BCUT2D eigenvalue weighted by atomic mass is 79.9. The number of nitrogens with one attached hydrogen (secondary N) is 1. The molecule has 1 aromatic heterocycles. The molecule has 0 bridgehead atoms. The maximum Gasteiger partial charge on any atom is 0.373 e. The zero-order chi connectivity index (χ0) is 24.3. The summed E-state index contributed by atoms with van der Waals surface area (Å²) < 4.78 is 14.8. The summed E-state index contributed by atoms with van der Waals surface area (Å²) in [6.07, 6.45) is 1.21. The van der Waals surface area contributed by atoms with Crippen LogP contribution in [0.5, 0.6) is 5.75 Å². The van der Waals surface area contributed by atoms with Gasteiger partial charge in [0.05, 0.1) is 23.1 Å². The number of benzene rings is 1. The molecule has 1 aliphatic heterocycles. The molecule has 3 rings (SSSR count). The molecule has 2 N–H and O–H groups in total. The van der Waals surface area contributed by atoms with Crippen LogP contribution in [0, 0.1) is 10.1 Å². The predicted molar refractivity (Wildman–Crippen MR) is 111 cm³/mol. The van der Waals surface area contributed by atoms with Crippen molar-refractivity contribution < 1.29 is 43.1 Å². The van der Waals surface area contributed by atoms with Crippen LogP contribution in [0.3, 0.4) is 0 Å². The minimum absolute atomic E-state index is 0.0735. The maximum absolute atomic E-state index is 12.7. The van der Waals surface area contributed by atoms with Crippen LogP contribution < -0.4 is 10.1 Å². The first kappa shape index (κ1) is 23.5. The number of carboxylic acid groups (broad SMARTS) is 1.